The first-order valence-corrected chi connectivity index (χ1v) is 12.1. The molecule has 1 saturated heterocycles. The summed E-state index contributed by atoms with van der Waals surface area (Å²) in [6.45, 7) is 7.95. The Morgan fingerprint density at radius 2 is 1.94 bits per heavy atom. The molecule has 0 atom stereocenters. The lowest BCUT2D eigenvalue weighted by atomic mass is 9.96. The van der Waals surface area contributed by atoms with Crippen molar-refractivity contribution in [2.45, 2.75) is 51.0 Å². The van der Waals surface area contributed by atoms with Gasteiger partial charge in [0.1, 0.15) is 11.4 Å². The summed E-state index contributed by atoms with van der Waals surface area (Å²) in [5.74, 6) is 0.652. The van der Waals surface area contributed by atoms with Crippen LogP contribution in [0.25, 0.3) is 12.2 Å². The van der Waals surface area contributed by atoms with Crippen molar-refractivity contribution in [3.05, 3.63) is 41.3 Å². The molecule has 1 fully saturated rings. The Labute approximate surface area is 189 Å². The van der Waals surface area contributed by atoms with Crippen molar-refractivity contribution in [1.82, 2.24) is 14.8 Å². The number of aromatic nitrogens is 1. The summed E-state index contributed by atoms with van der Waals surface area (Å²) in [7, 11) is -2.23. The van der Waals surface area contributed by atoms with Gasteiger partial charge < -0.3 is 14.6 Å². The van der Waals surface area contributed by atoms with E-state index >= 15 is 0 Å². The molecule has 0 aliphatic carbocycles. The summed E-state index contributed by atoms with van der Waals surface area (Å²) in [6.07, 6.45) is 4.30. The van der Waals surface area contributed by atoms with E-state index in [-0.39, 0.29) is 41.1 Å². The topological polar surface area (TPSA) is 102 Å². The number of carbonyl (C=O) groups excluding carboxylic acids is 1. The van der Waals surface area contributed by atoms with Gasteiger partial charge in [0.25, 0.3) is 0 Å². The van der Waals surface area contributed by atoms with Crippen molar-refractivity contribution in [2.24, 2.45) is 5.92 Å². The molecular weight excluding hydrogens is 430 g/mol. The minimum Gasteiger partial charge on any atom is -0.497 e. The fourth-order valence-corrected chi connectivity index (χ4v) is 5.39. The number of aryl methyl sites for hydroxylation is 1. The van der Waals surface area contributed by atoms with E-state index in [0.717, 1.165) is 5.56 Å². The van der Waals surface area contributed by atoms with Crippen molar-refractivity contribution in [2.75, 3.05) is 20.2 Å². The molecule has 0 bridgehead atoms. The lowest BCUT2D eigenvalue weighted by Crippen LogP contribution is -2.47. The average Bonchev–Trinajstić information content (AvgIpc) is 3.12. The van der Waals surface area contributed by atoms with E-state index in [9.17, 15) is 13.2 Å². The molecule has 0 spiro atoms. The van der Waals surface area contributed by atoms with Crippen LogP contribution in [-0.4, -0.2) is 49.5 Å². The van der Waals surface area contributed by atoms with Gasteiger partial charge >= 0.3 is 0 Å². The highest BCUT2D eigenvalue weighted by Gasteiger charge is 2.36. The predicted octanol–water partition coefficient (Wildman–Crippen LogP) is 3.48. The van der Waals surface area contributed by atoms with Gasteiger partial charge in [-0.1, -0.05) is 23.4 Å². The van der Waals surface area contributed by atoms with Gasteiger partial charge in [-0.3, -0.25) is 4.79 Å². The van der Waals surface area contributed by atoms with Crippen LogP contribution in [0.5, 0.6) is 5.75 Å². The molecule has 9 heteroatoms. The first-order chi connectivity index (χ1) is 15.0. The van der Waals surface area contributed by atoms with E-state index in [1.165, 1.54) is 4.31 Å². The zero-order chi connectivity index (χ0) is 23.5. The van der Waals surface area contributed by atoms with Gasteiger partial charge in [0.05, 0.1) is 7.11 Å². The van der Waals surface area contributed by atoms with Crippen molar-refractivity contribution in [1.29, 1.82) is 0 Å². The predicted molar refractivity (Wildman–Crippen MR) is 123 cm³/mol. The lowest BCUT2D eigenvalue weighted by Gasteiger charge is -2.32. The maximum atomic E-state index is 13.4. The van der Waals surface area contributed by atoms with Crippen LogP contribution < -0.4 is 10.1 Å². The Balaban J connectivity index is 1.76. The average molecular weight is 462 g/mol. The number of sulfonamides is 1. The van der Waals surface area contributed by atoms with E-state index in [2.05, 4.69) is 10.5 Å². The van der Waals surface area contributed by atoms with Crippen LogP contribution in [0.4, 0.5) is 0 Å². The first kappa shape index (κ1) is 24.0. The number of hydrogen-bond acceptors (Lipinski definition) is 6. The number of rotatable bonds is 6. The largest absolute Gasteiger partial charge is 0.497 e. The first-order valence-electron chi connectivity index (χ1n) is 10.6. The number of ether oxygens (including phenoxy) is 1. The van der Waals surface area contributed by atoms with Crippen LogP contribution in [0.15, 0.2) is 33.7 Å². The third-order valence-electron chi connectivity index (χ3n) is 5.28. The van der Waals surface area contributed by atoms with Gasteiger partial charge in [0, 0.05) is 24.5 Å². The molecule has 8 nitrogen and oxygen atoms in total. The van der Waals surface area contributed by atoms with E-state index in [4.69, 9.17) is 9.26 Å². The monoisotopic (exact) mass is 461 g/mol. The zero-order valence-electron chi connectivity index (χ0n) is 19.2. The summed E-state index contributed by atoms with van der Waals surface area (Å²) in [5.41, 5.74) is 0.833. The van der Waals surface area contributed by atoms with Crippen LogP contribution >= 0.6 is 0 Å². The summed E-state index contributed by atoms with van der Waals surface area (Å²) in [4.78, 5) is 12.5. The molecule has 1 aromatic heterocycles. The third-order valence-corrected chi connectivity index (χ3v) is 7.33. The van der Waals surface area contributed by atoms with E-state index < -0.39 is 10.0 Å². The number of methoxy groups -OCH3 is 1. The van der Waals surface area contributed by atoms with Gasteiger partial charge in [-0.2, -0.15) is 4.31 Å². The highest BCUT2D eigenvalue weighted by atomic mass is 32.2. The molecule has 1 aliphatic heterocycles. The molecule has 0 saturated carbocycles. The molecule has 1 aliphatic rings. The molecule has 0 unspecified atom stereocenters. The van der Waals surface area contributed by atoms with Gasteiger partial charge in [-0.05, 0) is 64.3 Å². The zero-order valence-corrected chi connectivity index (χ0v) is 20.0. The van der Waals surface area contributed by atoms with Crippen molar-refractivity contribution in [3.63, 3.8) is 0 Å². The second-order valence-corrected chi connectivity index (χ2v) is 10.9. The summed E-state index contributed by atoms with van der Waals surface area (Å²) < 4.78 is 38.7. The normalized spacial score (nSPS) is 16.4. The summed E-state index contributed by atoms with van der Waals surface area (Å²) in [6, 6.07) is 7.39. The van der Waals surface area contributed by atoms with E-state index in [0.29, 0.717) is 24.3 Å². The second-order valence-electron chi connectivity index (χ2n) is 8.99. The van der Waals surface area contributed by atoms with Crippen molar-refractivity contribution in [3.8, 4) is 5.75 Å². The number of hydrogen-bond donors (Lipinski definition) is 1. The standard InChI is InChI=1S/C23H31N3O5S/c1-16-21(20(31-25-16)10-9-17-7-6-8-19(15-17)30-5)32(28,29)26-13-11-18(12-14-26)22(27)24-23(2,3)4/h6-10,15,18H,11-14H2,1-5H3,(H,24,27). The van der Waals surface area contributed by atoms with Gasteiger partial charge in [0.15, 0.2) is 10.7 Å². The number of amides is 1. The lowest BCUT2D eigenvalue weighted by molar-refractivity contribution is -0.127. The SMILES string of the molecule is COc1cccc(C=Cc2onc(C)c2S(=O)(=O)N2CCC(C(=O)NC(C)(C)C)CC2)c1. The van der Waals surface area contributed by atoms with E-state index in [1.807, 2.05) is 45.0 Å². The minimum atomic E-state index is -3.81. The van der Waals surface area contributed by atoms with Crippen LogP contribution in [0.1, 0.15) is 50.6 Å². The maximum Gasteiger partial charge on any atom is 0.248 e. The fourth-order valence-electron chi connectivity index (χ4n) is 3.67. The minimum absolute atomic E-state index is 0.0300. The number of piperidine rings is 1. The number of nitrogens with zero attached hydrogens (tertiary/aromatic N) is 2. The molecule has 32 heavy (non-hydrogen) atoms. The number of nitrogens with one attached hydrogen (secondary N) is 1. The molecule has 1 N–H and O–H groups in total. The van der Waals surface area contributed by atoms with Crippen molar-refractivity contribution >= 4 is 28.1 Å². The Bertz CT molecular complexity index is 1090. The Hall–Kier alpha value is -2.65. The molecule has 2 aromatic rings. The van der Waals surface area contributed by atoms with Crippen LogP contribution in [0.2, 0.25) is 0 Å². The molecule has 3 rings (SSSR count). The number of benzene rings is 1. The van der Waals surface area contributed by atoms with Gasteiger partial charge in [0.2, 0.25) is 15.9 Å². The maximum absolute atomic E-state index is 13.4. The highest BCUT2D eigenvalue weighted by Crippen LogP contribution is 2.29. The fraction of sp³-hybridized carbons (Fsp3) is 0.478. The molecule has 2 heterocycles. The summed E-state index contributed by atoms with van der Waals surface area (Å²) >= 11 is 0. The smallest absolute Gasteiger partial charge is 0.248 e. The van der Waals surface area contributed by atoms with Gasteiger partial charge in [-0.15, -0.1) is 0 Å². The molecule has 1 amide bonds. The Morgan fingerprint density at radius 3 is 2.56 bits per heavy atom. The molecule has 0 radical (unpaired) electrons. The highest BCUT2D eigenvalue weighted by molar-refractivity contribution is 7.89. The molecule has 174 valence electrons. The quantitative estimate of drug-likeness (QED) is 0.707. The molecule has 1 aromatic carbocycles. The second kappa shape index (κ2) is 9.46. The van der Waals surface area contributed by atoms with Crippen LogP contribution in [0.3, 0.4) is 0 Å². The van der Waals surface area contributed by atoms with Gasteiger partial charge in [-0.25, -0.2) is 8.42 Å². The van der Waals surface area contributed by atoms with Crippen LogP contribution in [0, 0.1) is 12.8 Å². The van der Waals surface area contributed by atoms with Crippen LogP contribution in [-0.2, 0) is 14.8 Å². The summed E-state index contributed by atoms with van der Waals surface area (Å²) in [5, 5.41) is 6.86. The Morgan fingerprint density at radius 1 is 1.25 bits per heavy atom. The number of carbonyl (C=O) groups is 1. The Kier molecular flexibility index (Phi) is 7.09. The molecular formula is C23H31N3O5S. The van der Waals surface area contributed by atoms with Crippen molar-refractivity contribution < 1.29 is 22.5 Å². The third kappa shape index (κ3) is 5.58. The van der Waals surface area contributed by atoms with E-state index in [1.54, 1.807) is 26.2 Å².